The number of hydrogen-bond donors (Lipinski definition) is 2. The molecular weight excluding hydrogens is 319 g/mol. The molecule has 0 saturated carbocycles. The number of nitrogens with one attached hydrogen (secondary N) is 1. The molecule has 1 aromatic carbocycles. The molecule has 126 valence electrons. The van der Waals surface area contributed by atoms with Crippen LogP contribution in [0.2, 0.25) is 0 Å². The summed E-state index contributed by atoms with van der Waals surface area (Å²) in [5.41, 5.74) is 4.42. The number of benzene rings is 1. The van der Waals surface area contributed by atoms with Gasteiger partial charge in [-0.1, -0.05) is 17.7 Å². The lowest BCUT2D eigenvalue weighted by molar-refractivity contribution is 0.172. The lowest BCUT2D eigenvalue weighted by Gasteiger charge is -2.36. The Kier molecular flexibility index (Phi) is 9.09. The number of piperazine rings is 1. The van der Waals surface area contributed by atoms with E-state index in [1.54, 1.807) is 0 Å². The average Bonchev–Trinajstić information content (AvgIpc) is 2.42. The number of halogens is 2. The fraction of sp³-hybridized carbons (Fsp3) is 0.529. The summed E-state index contributed by atoms with van der Waals surface area (Å²) in [5.74, 6) is 0.420. The van der Waals surface area contributed by atoms with Crippen LogP contribution in [0.15, 0.2) is 24.3 Å². The Hall–Kier alpha value is -0.740. The Labute approximate surface area is 146 Å². The van der Waals surface area contributed by atoms with Crippen molar-refractivity contribution < 1.29 is 5.11 Å². The van der Waals surface area contributed by atoms with Crippen molar-refractivity contribution in [1.29, 1.82) is 0 Å². The van der Waals surface area contributed by atoms with Crippen molar-refractivity contribution in [2.24, 2.45) is 0 Å². The highest BCUT2D eigenvalue weighted by molar-refractivity contribution is 5.85. The highest BCUT2D eigenvalue weighted by Gasteiger charge is 2.23. The number of phenols is 1. The van der Waals surface area contributed by atoms with E-state index in [-0.39, 0.29) is 24.8 Å². The summed E-state index contributed by atoms with van der Waals surface area (Å²) >= 11 is 0. The molecule has 2 N–H and O–H groups in total. The van der Waals surface area contributed by atoms with Gasteiger partial charge < -0.3 is 10.4 Å². The first kappa shape index (κ1) is 21.3. The Morgan fingerprint density at radius 1 is 1.23 bits per heavy atom. The van der Waals surface area contributed by atoms with Gasteiger partial charge >= 0.3 is 0 Å². The predicted octanol–water partition coefficient (Wildman–Crippen LogP) is 3.77. The molecule has 0 amide bonds. The molecule has 1 aliphatic rings. The lowest BCUT2D eigenvalue weighted by Crippen LogP contribution is -2.45. The first-order valence-corrected chi connectivity index (χ1v) is 7.38. The number of hydrogen-bond acceptors (Lipinski definition) is 3. The second-order valence-corrected chi connectivity index (χ2v) is 5.97. The molecular formula is C17H28Cl2N2O. The highest BCUT2D eigenvalue weighted by Crippen LogP contribution is 2.32. The van der Waals surface area contributed by atoms with Crippen molar-refractivity contribution in [3.8, 4) is 5.75 Å². The van der Waals surface area contributed by atoms with Gasteiger partial charge in [0.1, 0.15) is 5.75 Å². The summed E-state index contributed by atoms with van der Waals surface area (Å²) in [7, 11) is 0. The first-order valence-electron chi connectivity index (χ1n) is 7.38. The van der Waals surface area contributed by atoms with Crippen LogP contribution in [0.3, 0.4) is 0 Å². The average molecular weight is 347 g/mol. The number of aryl methyl sites for hydroxylation is 2. The van der Waals surface area contributed by atoms with Crippen LogP contribution < -0.4 is 5.32 Å². The van der Waals surface area contributed by atoms with Crippen LogP contribution >= 0.6 is 24.8 Å². The normalized spacial score (nSPS) is 16.3. The third-order valence-electron chi connectivity index (χ3n) is 4.03. The van der Waals surface area contributed by atoms with Crippen LogP contribution in [0, 0.1) is 13.8 Å². The summed E-state index contributed by atoms with van der Waals surface area (Å²) in [6, 6.07) is 4.61. The molecule has 0 bridgehead atoms. The molecule has 1 aliphatic heterocycles. The van der Waals surface area contributed by atoms with Crippen LogP contribution in [0.25, 0.3) is 0 Å². The zero-order valence-electron chi connectivity index (χ0n) is 13.7. The van der Waals surface area contributed by atoms with Gasteiger partial charge in [0.2, 0.25) is 0 Å². The van der Waals surface area contributed by atoms with Gasteiger partial charge in [-0.05, 0) is 43.9 Å². The molecule has 1 aromatic rings. The zero-order chi connectivity index (χ0) is 14.7. The molecule has 5 heteroatoms. The van der Waals surface area contributed by atoms with Gasteiger partial charge in [0.25, 0.3) is 0 Å². The van der Waals surface area contributed by atoms with E-state index in [9.17, 15) is 5.11 Å². The fourth-order valence-electron chi connectivity index (χ4n) is 2.96. The van der Waals surface area contributed by atoms with Crippen LogP contribution in [-0.4, -0.2) is 36.2 Å². The van der Waals surface area contributed by atoms with E-state index in [4.69, 9.17) is 0 Å². The third-order valence-corrected chi connectivity index (χ3v) is 4.03. The number of rotatable bonds is 4. The minimum Gasteiger partial charge on any atom is -0.507 e. The standard InChI is InChI=1S/C17H26N2O.2ClH/c1-12(2)9-16(19-7-5-18-6-8-19)15-10-13(3)17(20)14(4)11-15;;/h10-11,16,18,20H,1,5-9H2,2-4H3;2*1H/t16-;;/m0../s1. The van der Waals surface area contributed by atoms with Crippen molar-refractivity contribution in [2.45, 2.75) is 33.2 Å². The van der Waals surface area contributed by atoms with Crippen molar-refractivity contribution in [3.63, 3.8) is 0 Å². The summed E-state index contributed by atoms with van der Waals surface area (Å²) in [6.07, 6.45) is 0.976. The zero-order valence-corrected chi connectivity index (χ0v) is 15.3. The van der Waals surface area contributed by atoms with Gasteiger partial charge in [0.05, 0.1) is 0 Å². The smallest absolute Gasteiger partial charge is 0.121 e. The number of phenolic OH excluding ortho intramolecular Hbond substituents is 1. The Balaban J connectivity index is 0.00000220. The first-order chi connectivity index (χ1) is 9.49. The molecule has 1 fully saturated rings. The molecule has 3 nitrogen and oxygen atoms in total. The molecule has 1 atom stereocenters. The largest absolute Gasteiger partial charge is 0.507 e. The Morgan fingerprint density at radius 3 is 2.18 bits per heavy atom. The number of aromatic hydroxyl groups is 1. The molecule has 0 aliphatic carbocycles. The topological polar surface area (TPSA) is 35.5 Å². The predicted molar refractivity (Wildman–Crippen MR) is 98.7 cm³/mol. The molecule has 1 heterocycles. The molecule has 2 rings (SSSR count). The maximum absolute atomic E-state index is 9.96. The van der Waals surface area contributed by atoms with Crippen LogP contribution in [0.5, 0.6) is 5.75 Å². The quantitative estimate of drug-likeness (QED) is 0.814. The third kappa shape index (κ3) is 5.17. The van der Waals surface area contributed by atoms with Gasteiger partial charge in [0, 0.05) is 32.2 Å². The van der Waals surface area contributed by atoms with E-state index in [0.717, 1.165) is 43.7 Å². The highest BCUT2D eigenvalue weighted by atomic mass is 35.5. The molecule has 1 saturated heterocycles. The van der Waals surface area contributed by atoms with Gasteiger partial charge in [-0.2, -0.15) is 0 Å². The lowest BCUT2D eigenvalue weighted by atomic mass is 9.94. The Bertz CT molecular complexity index is 476. The van der Waals surface area contributed by atoms with Crippen LogP contribution in [0.1, 0.15) is 36.1 Å². The van der Waals surface area contributed by atoms with Crippen molar-refractivity contribution in [3.05, 3.63) is 41.0 Å². The van der Waals surface area contributed by atoms with Crippen molar-refractivity contribution >= 4 is 24.8 Å². The Morgan fingerprint density at radius 2 is 1.73 bits per heavy atom. The maximum Gasteiger partial charge on any atom is 0.121 e. The summed E-state index contributed by atoms with van der Waals surface area (Å²) in [6.45, 7) is 14.3. The minimum absolute atomic E-state index is 0. The van der Waals surface area contributed by atoms with Crippen LogP contribution in [0.4, 0.5) is 0 Å². The van der Waals surface area contributed by atoms with E-state index in [1.165, 1.54) is 11.1 Å². The fourth-order valence-corrected chi connectivity index (χ4v) is 2.96. The van der Waals surface area contributed by atoms with Gasteiger partial charge in [0.15, 0.2) is 0 Å². The van der Waals surface area contributed by atoms with Gasteiger partial charge in [-0.15, -0.1) is 31.4 Å². The van der Waals surface area contributed by atoms with Crippen molar-refractivity contribution in [2.75, 3.05) is 26.2 Å². The van der Waals surface area contributed by atoms with E-state index in [0.29, 0.717) is 11.8 Å². The van der Waals surface area contributed by atoms with E-state index < -0.39 is 0 Å². The van der Waals surface area contributed by atoms with E-state index >= 15 is 0 Å². The SMILES string of the molecule is C=C(C)C[C@@H](c1cc(C)c(O)c(C)c1)N1CCNCC1.Cl.Cl. The minimum atomic E-state index is 0. The van der Waals surface area contributed by atoms with Crippen LogP contribution in [-0.2, 0) is 0 Å². The molecule has 0 unspecified atom stereocenters. The van der Waals surface area contributed by atoms with Gasteiger partial charge in [-0.25, -0.2) is 0 Å². The van der Waals surface area contributed by atoms with Crippen molar-refractivity contribution in [1.82, 2.24) is 10.2 Å². The molecule has 0 aromatic heterocycles. The summed E-state index contributed by atoms with van der Waals surface area (Å²) < 4.78 is 0. The second-order valence-electron chi connectivity index (χ2n) is 5.97. The molecule has 0 radical (unpaired) electrons. The molecule has 22 heavy (non-hydrogen) atoms. The summed E-state index contributed by atoms with van der Waals surface area (Å²) in [5, 5.41) is 13.4. The molecule has 0 spiro atoms. The second kappa shape index (κ2) is 9.41. The maximum atomic E-state index is 9.96. The summed E-state index contributed by atoms with van der Waals surface area (Å²) in [4.78, 5) is 2.52. The number of nitrogens with zero attached hydrogens (tertiary/aromatic N) is 1. The van der Waals surface area contributed by atoms with Gasteiger partial charge in [-0.3, -0.25) is 4.90 Å². The van der Waals surface area contributed by atoms with E-state index in [1.807, 2.05) is 13.8 Å². The monoisotopic (exact) mass is 346 g/mol. The van der Waals surface area contributed by atoms with E-state index in [2.05, 4.69) is 35.9 Å².